The topological polar surface area (TPSA) is 12.0 Å². The Balaban J connectivity index is 1.83. The summed E-state index contributed by atoms with van der Waals surface area (Å²) in [5.41, 5.74) is 0.484. The highest BCUT2D eigenvalue weighted by Crippen LogP contribution is 2.38. The van der Waals surface area contributed by atoms with Crippen LogP contribution >= 0.6 is 0 Å². The highest BCUT2D eigenvalue weighted by atomic mass is 14.9. The van der Waals surface area contributed by atoms with Crippen molar-refractivity contribution >= 4 is 0 Å². The van der Waals surface area contributed by atoms with Crippen LogP contribution in [0, 0.1) is 17.3 Å². The van der Waals surface area contributed by atoms with Crippen LogP contribution < -0.4 is 5.32 Å². The molecule has 1 heteroatoms. The monoisotopic (exact) mass is 223 g/mol. The van der Waals surface area contributed by atoms with E-state index in [0.29, 0.717) is 5.41 Å². The second kappa shape index (κ2) is 5.08. The van der Waals surface area contributed by atoms with Crippen LogP contribution in [-0.4, -0.2) is 12.6 Å². The molecular formula is C15H29N. The van der Waals surface area contributed by atoms with Gasteiger partial charge < -0.3 is 5.32 Å². The first-order valence-corrected chi connectivity index (χ1v) is 7.31. The fourth-order valence-corrected chi connectivity index (χ4v) is 3.43. The van der Waals surface area contributed by atoms with Crippen molar-refractivity contribution in [2.75, 3.05) is 6.54 Å². The van der Waals surface area contributed by atoms with Gasteiger partial charge in [0, 0.05) is 6.04 Å². The highest BCUT2D eigenvalue weighted by Gasteiger charge is 2.34. The summed E-state index contributed by atoms with van der Waals surface area (Å²) >= 11 is 0. The predicted molar refractivity (Wildman–Crippen MR) is 70.5 cm³/mol. The summed E-state index contributed by atoms with van der Waals surface area (Å²) in [5.74, 6) is 1.89. The lowest BCUT2D eigenvalue weighted by molar-refractivity contribution is 0.123. The molecule has 2 rings (SSSR count). The minimum Gasteiger partial charge on any atom is -0.313 e. The first-order chi connectivity index (χ1) is 7.57. The smallest absolute Gasteiger partial charge is 0.0100 e. The fraction of sp³-hybridized carbons (Fsp3) is 1.00. The molecule has 0 heterocycles. The Morgan fingerprint density at radius 1 is 0.938 bits per heavy atom. The molecule has 0 aliphatic heterocycles. The number of nitrogens with one attached hydrogen (secondary N) is 1. The Kier molecular flexibility index (Phi) is 3.94. The van der Waals surface area contributed by atoms with Gasteiger partial charge in [-0.2, -0.15) is 0 Å². The predicted octanol–water partition coefficient (Wildman–Crippen LogP) is 3.98. The van der Waals surface area contributed by atoms with E-state index in [1.807, 2.05) is 0 Å². The van der Waals surface area contributed by atoms with E-state index in [0.717, 1.165) is 17.9 Å². The van der Waals surface area contributed by atoms with E-state index in [2.05, 4.69) is 26.1 Å². The van der Waals surface area contributed by atoms with Crippen molar-refractivity contribution in [2.45, 2.75) is 71.8 Å². The Morgan fingerprint density at radius 2 is 1.62 bits per heavy atom. The Labute approximate surface area is 101 Å². The van der Waals surface area contributed by atoms with Crippen molar-refractivity contribution in [3.63, 3.8) is 0 Å². The summed E-state index contributed by atoms with van der Waals surface area (Å²) in [6.45, 7) is 8.54. The summed E-state index contributed by atoms with van der Waals surface area (Å²) in [6.07, 6.45) is 10.2. The van der Waals surface area contributed by atoms with Crippen LogP contribution in [0.4, 0.5) is 0 Å². The van der Waals surface area contributed by atoms with Crippen molar-refractivity contribution < 1.29 is 0 Å². The molecule has 0 aromatic rings. The van der Waals surface area contributed by atoms with Gasteiger partial charge in [0.15, 0.2) is 0 Å². The zero-order chi connectivity index (χ0) is 11.6. The number of hydrogen-bond donors (Lipinski definition) is 1. The van der Waals surface area contributed by atoms with Crippen LogP contribution in [0.3, 0.4) is 0 Å². The van der Waals surface area contributed by atoms with Gasteiger partial charge in [-0.3, -0.25) is 0 Å². The summed E-state index contributed by atoms with van der Waals surface area (Å²) in [4.78, 5) is 0. The minimum absolute atomic E-state index is 0.484. The van der Waals surface area contributed by atoms with E-state index < -0.39 is 0 Å². The lowest BCUT2D eigenvalue weighted by Gasteiger charge is -2.42. The molecule has 0 spiro atoms. The zero-order valence-electron chi connectivity index (χ0n) is 11.4. The van der Waals surface area contributed by atoms with E-state index in [1.54, 1.807) is 0 Å². The van der Waals surface area contributed by atoms with Crippen LogP contribution in [-0.2, 0) is 0 Å². The van der Waals surface area contributed by atoms with Gasteiger partial charge in [0.05, 0.1) is 0 Å². The molecule has 2 aliphatic rings. The Bertz CT molecular complexity index is 212. The van der Waals surface area contributed by atoms with Gasteiger partial charge in [-0.25, -0.2) is 0 Å². The van der Waals surface area contributed by atoms with Crippen LogP contribution in [0.1, 0.15) is 65.7 Å². The molecule has 1 N–H and O–H groups in total. The van der Waals surface area contributed by atoms with Gasteiger partial charge in [-0.15, -0.1) is 0 Å². The molecule has 0 amide bonds. The lowest BCUT2D eigenvalue weighted by atomic mass is 9.69. The van der Waals surface area contributed by atoms with E-state index in [-0.39, 0.29) is 0 Å². The van der Waals surface area contributed by atoms with Crippen molar-refractivity contribution in [1.82, 2.24) is 5.32 Å². The van der Waals surface area contributed by atoms with Crippen LogP contribution in [0.15, 0.2) is 0 Å². The van der Waals surface area contributed by atoms with Crippen molar-refractivity contribution in [1.29, 1.82) is 0 Å². The maximum Gasteiger partial charge on any atom is 0.0100 e. The van der Waals surface area contributed by atoms with Crippen molar-refractivity contribution in [3.05, 3.63) is 0 Å². The average molecular weight is 223 g/mol. The molecule has 94 valence electrons. The first kappa shape index (κ1) is 12.4. The average Bonchev–Trinajstić information content (AvgIpc) is 2.14. The maximum absolute atomic E-state index is 3.88. The quantitative estimate of drug-likeness (QED) is 0.763. The maximum atomic E-state index is 3.88. The standard InChI is InChI=1S/C15H29N/c1-15(2,3)13-9-4-5-10-14(13)16-11-12-7-6-8-12/h12-14,16H,4-11H2,1-3H3. The largest absolute Gasteiger partial charge is 0.313 e. The zero-order valence-corrected chi connectivity index (χ0v) is 11.4. The third-order valence-corrected chi connectivity index (χ3v) is 4.77. The van der Waals surface area contributed by atoms with E-state index in [9.17, 15) is 0 Å². The second-order valence-corrected chi connectivity index (χ2v) is 7.07. The van der Waals surface area contributed by atoms with E-state index in [4.69, 9.17) is 0 Å². The molecule has 2 fully saturated rings. The van der Waals surface area contributed by atoms with Crippen LogP contribution in [0.25, 0.3) is 0 Å². The summed E-state index contributed by atoms with van der Waals surface area (Å²) in [5, 5.41) is 3.88. The second-order valence-electron chi connectivity index (χ2n) is 7.07. The lowest BCUT2D eigenvalue weighted by Crippen LogP contribution is -2.46. The third-order valence-electron chi connectivity index (χ3n) is 4.77. The van der Waals surface area contributed by atoms with Gasteiger partial charge in [-0.05, 0) is 49.5 Å². The van der Waals surface area contributed by atoms with E-state index >= 15 is 0 Å². The third kappa shape index (κ3) is 3.00. The molecule has 16 heavy (non-hydrogen) atoms. The molecule has 0 aromatic carbocycles. The molecular weight excluding hydrogens is 194 g/mol. The van der Waals surface area contributed by atoms with Crippen LogP contribution in [0.5, 0.6) is 0 Å². The van der Waals surface area contributed by atoms with Crippen LogP contribution in [0.2, 0.25) is 0 Å². The molecule has 0 saturated heterocycles. The molecule has 0 bridgehead atoms. The molecule has 1 nitrogen and oxygen atoms in total. The van der Waals surface area contributed by atoms with Gasteiger partial charge in [0.2, 0.25) is 0 Å². The normalized spacial score (nSPS) is 32.4. The molecule has 2 aliphatic carbocycles. The highest BCUT2D eigenvalue weighted by molar-refractivity contribution is 4.89. The molecule has 0 aromatic heterocycles. The summed E-state index contributed by atoms with van der Waals surface area (Å²) in [7, 11) is 0. The van der Waals surface area contributed by atoms with Crippen molar-refractivity contribution in [2.24, 2.45) is 17.3 Å². The Morgan fingerprint density at radius 3 is 2.19 bits per heavy atom. The molecule has 0 radical (unpaired) electrons. The number of hydrogen-bond acceptors (Lipinski definition) is 1. The number of rotatable bonds is 3. The van der Waals surface area contributed by atoms with E-state index in [1.165, 1.54) is 51.5 Å². The molecule has 2 atom stereocenters. The van der Waals surface area contributed by atoms with Gasteiger partial charge in [0.25, 0.3) is 0 Å². The minimum atomic E-state index is 0.484. The summed E-state index contributed by atoms with van der Waals surface area (Å²) < 4.78 is 0. The van der Waals surface area contributed by atoms with Gasteiger partial charge in [-0.1, -0.05) is 40.0 Å². The Hall–Kier alpha value is -0.0400. The fourth-order valence-electron chi connectivity index (χ4n) is 3.43. The molecule has 2 saturated carbocycles. The van der Waals surface area contributed by atoms with Crippen molar-refractivity contribution in [3.8, 4) is 0 Å². The molecule has 2 unspecified atom stereocenters. The van der Waals surface area contributed by atoms with Gasteiger partial charge >= 0.3 is 0 Å². The first-order valence-electron chi connectivity index (χ1n) is 7.31. The summed E-state index contributed by atoms with van der Waals surface area (Å²) in [6, 6.07) is 0.800. The van der Waals surface area contributed by atoms with Gasteiger partial charge in [0.1, 0.15) is 0 Å². The SMILES string of the molecule is CC(C)(C)C1CCCCC1NCC1CCC1.